The molecule has 1 aliphatic heterocycles. The van der Waals surface area contributed by atoms with Crippen molar-refractivity contribution in [1.82, 2.24) is 14.7 Å². The highest BCUT2D eigenvalue weighted by atomic mass is 16.3. The van der Waals surface area contributed by atoms with Gasteiger partial charge in [0, 0.05) is 63.4 Å². The second-order valence-electron chi connectivity index (χ2n) is 4.59. The van der Waals surface area contributed by atoms with E-state index in [4.69, 9.17) is 5.11 Å². The molecule has 2 N–H and O–H groups in total. The van der Waals surface area contributed by atoms with E-state index < -0.39 is 0 Å². The van der Waals surface area contributed by atoms with Gasteiger partial charge >= 0.3 is 0 Å². The van der Waals surface area contributed by atoms with Gasteiger partial charge in [-0.3, -0.25) is 0 Å². The largest absolute Gasteiger partial charge is 0.396 e. The van der Waals surface area contributed by atoms with E-state index in [-0.39, 0.29) is 6.61 Å². The number of hydrogen-bond acceptors (Lipinski definition) is 4. The number of rotatable bonds is 3. The first-order valence-electron chi connectivity index (χ1n) is 6.41. The van der Waals surface area contributed by atoms with Crippen LogP contribution in [0.25, 0.3) is 5.65 Å². The van der Waals surface area contributed by atoms with E-state index in [0.29, 0.717) is 6.42 Å². The number of imidazole rings is 1. The van der Waals surface area contributed by atoms with Crippen LogP contribution in [0.1, 0.15) is 5.69 Å². The minimum absolute atomic E-state index is 0.147. The second kappa shape index (κ2) is 4.96. The van der Waals surface area contributed by atoms with Crippen LogP contribution in [0.2, 0.25) is 0 Å². The molecule has 0 unspecified atom stereocenters. The molecule has 0 atom stereocenters. The zero-order chi connectivity index (χ0) is 12.4. The molecule has 0 bridgehead atoms. The Morgan fingerprint density at radius 1 is 1.33 bits per heavy atom. The molecule has 96 valence electrons. The van der Waals surface area contributed by atoms with E-state index in [0.717, 1.165) is 37.5 Å². The van der Waals surface area contributed by atoms with Gasteiger partial charge < -0.3 is 19.7 Å². The number of nitrogens with one attached hydrogen (secondary N) is 1. The van der Waals surface area contributed by atoms with Crippen LogP contribution < -0.4 is 10.2 Å². The van der Waals surface area contributed by atoms with Gasteiger partial charge in [0.05, 0.1) is 5.69 Å². The van der Waals surface area contributed by atoms with Crippen molar-refractivity contribution in [1.29, 1.82) is 0 Å². The van der Waals surface area contributed by atoms with Crippen molar-refractivity contribution in [3.05, 3.63) is 30.2 Å². The quantitative estimate of drug-likeness (QED) is 0.817. The van der Waals surface area contributed by atoms with Crippen molar-refractivity contribution >= 4 is 11.3 Å². The molecule has 5 nitrogen and oxygen atoms in total. The van der Waals surface area contributed by atoms with Crippen LogP contribution in [-0.4, -0.2) is 47.3 Å². The Hall–Kier alpha value is -1.59. The summed E-state index contributed by atoms with van der Waals surface area (Å²) >= 11 is 0. The first-order valence-corrected chi connectivity index (χ1v) is 6.41. The first kappa shape index (κ1) is 11.5. The Bertz CT molecular complexity index is 531. The molecule has 0 radical (unpaired) electrons. The lowest BCUT2D eigenvalue weighted by Crippen LogP contribution is -2.43. The molecule has 18 heavy (non-hydrogen) atoms. The molecule has 2 aromatic rings. The van der Waals surface area contributed by atoms with Crippen LogP contribution in [0.3, 0.4) is 0 Å². The van der Waals surface area contributed by atoms with E-state index in [2.05, 4.69) is 27.3 Å². The Morgan fingerprint density at radius 3 is 2.94 bits per heavy atom. The van der Waals surface area contributed by atoms with Gasteiger partial charge in [-0.05, 0) is 6.07 Å². The van der Waals surface area contributed by atoms with Crippen LogP contribution >= 0.6 is 0 Å². The summed E-state index contributed by atoms with van der Waals surface area (Å²) in [4.78, 5) is 6.89. The van der Waals surface area contributed by atoms with Crippen LogP contribution in [0, 0.1) is 0 Å². The van der Waals surface area contributed by atoms with E-state index >= 15 is 0 Å². The Kier molecular flexibility index (Phi) is 3.17. The number of nitrogens with zero attached hydrogens (tertiary/aromatic N) is 3. The maximum absolute atomic E-state index is 8.94. The molecule has 3 heterocycles. The van der Waals surface area contributed by atoms with Gasteiger partial charge in [-0.1, -0.05) is 0 Å². The highest BCUT2D eigenvalue weighted by Crippen LogP contribution is 2.17. The number of aliphatic hydroxyl groups is 1. The summed E-state index contributed by atoms with van der Waals surface area (Å²) in [6.07, 6.45) is 4.64. The fourth-order valence-electron chi connectivity index (χ4n) is 2.38. The van der Waals surface area contributed by atoms with Crippen molar-refractivity contribution in [3.8, 4) is 0 Å². The van der Waals surface area contributed by atoms with Crippen molar-refractivity contribution in [2.75, 3.05) is 37.7 Å². The predicted molar refractivity (Wildman–Crippen MR) is 71.1 cm³/mol. The summed E-state index contributed by atoms with van der Waals surface area (Å²) in [7, 11) is 0. The van der Waals surface area contributed by atoms with Crippen molar-refractivity contribution in [2.45, 2.75) is 6.42 Å². The van der Waals surface area contributed by atoms with Gasteiger partial charge in [0.1, 0.15) is 5.65 Å². The number of aromatic nitrogens is 2. The fraction of sp³-hybridized carbons (Fsp3) is 0.462. The number of aliphatic hydroxyl groups excluding tert-OH is 1. The van der Waals surface area contributed by atoms with Gasteiger partial charge in [-0.2, -0.15) is 0 Å². The normalized spacial score (nSPS) is 16.4. The maximum atomic E-state index is 8.94. The summed E-state index contributed by atoms with van der Waals surface area (Å²) < 4.78 is 2.01. The van der Waals surface area contributed by atoms with Gasteiger partial charge in [0.25, 0.3) is 0 Å². The average molecular weight is 246 g/mol. The summed E-state index contributed by atoms with van der Waals surface area (Å²) in [5.41, 5.74) is 3.12. The summed E-state index contributed by atoms with van der Waals surface area (Å²) in [5, 5.41) is 12.3. The van der Waals surface area contributed by atoms with Gasteiger partial charge in [-0.15, -0.1) is 0 Å². The number of hydrogen-bond donors (Lipinski definition) is 2. The Labute approximate surface area is 106 Å². The molecule has 0 amide bonds. The maximum Gasteiger partial charge on any atom is 0.139 e. The monoisotopic (exact) mass is 246 g/mol. The molecule has 0 aliphatic carbocycles. The topological polar surface area (TPSA) is 52.8 Å². The number of pyridine rings is 1. The minimum atomic E-state index is 0.147. The van der Waals surface area contributed by atoms with Crippen LogP contribution in [0.4, 0.5) is 5.69 Å². The molecule has 0 spiro atoms. The van der Waals surface area contributed by atoms with Crippen LogP contribution in [0.15, 0.2) is 24.5 Å². The van der Waals surface area contributed by atoms with E-state index in [1.54, 1.807) is 0 Å². The Balaban J connectivity index is 1.89. The summed E-state index contributed by atoms with van der Waals surface area (Å²) in [5.74, 6) is 0. The molecule has 5 heteroatoms. The highest BCUT2D eigenvalue weighted by Gasteiger charge is 2.11. The van der Waals surface area contributed by atoms with Crippen molar-refractivity contribution in [3.63, 3.8) is 0 Å². The molecular formula is C13H18N4O. The van der Waals surface area contributed by atoms with Crippen molar-refractivity contribution in [2.24, 2.45) is 0 Å². The zero-order valence-corrected chi connectivity index (χ0v) is 10.3. The minimum Gasteiger partial charge on any atom is -0.396 e. The molecule has 1 fully saturated rings. The molecule has 2 aromatic heterocycles. The Morgan fingerprint density at radius 2 is 2.17 bits per heavy atom. The third kappa shape index (κ3) is 2.19. The third-order valence-corrected chi connectivity index (χ3v) is 3.34. The molecule has 1 aliphatic rings. The van der Waals surface area contributed by atoms with E-state index in [1.165, 1.54) is 5.69 Å². The zero-order valence-electron chi connectivity index (χ0n) is 10.3. The molecular weight excluding hydrogens is 228 g/mol. The van der Waals surface area contributed by atoms with E-state index in [9.17, 15) is 0 Å². The smallest absolute Gasteiger partial charge is 0.139 e. The van der Waals surface area contributed by atoms with Gasteiger partial charge in [-0.25, -0.2) is 4.98 Å². The second-order valence-corrected chi connectivity index (χ2v) is 4.59. The average Bonchev–Trinajstić information content (AvgIpc) is 2.81. The standard InChI is InChI=1S/C13H18N4O/c18-8-2-11-10-17-5-1-12(9-13(17)15-11)16-6-3-14-4-7-16/h1,5,9-10,14,18H,2-4,6-8H2. The lowest BCUT2D eigenvalue weighted by atomic mass is 10.3. The lowest BCUT2D eigenvalue weighted by Gasteiger charge is -2.29. The van der Waals surface area contributed by atoms with Crippen LogP contribution in [0.5, 0.6) is 0 Å². The first-order chi connectivity index (χ1) is 8.86. The summed E-state index contributed by atoms with van der Waals surface area (Å²) in [6.45, 7) is 4.31. The number of piperazine rings is 1. The molecule has 0 saturated carbocycles. The molecule has 3 rings (SSSR count). The van der Waals surface area contributed by atoms with Gasteiger partial charge in [0.2, 0.25) is 0 Å². The number of anilines is 1. The number of fused-ring (bicyclic) bond motifs is 1. The van der Waals surface area contributed by atoms with Gasteiger partial charge in [0.15, 0.2) is 0 Å². The predicted octanol–water partition coefficient (Wildman–Crippen LogP) is 0.279. The van der Waals surface area contributed by atoms with E-state index in [1.807, 2.05) is 16.8 Å². The van der Waals surface area contributed by atoms with Crippen LogP contribution in [-0.2, 0) is 6.42 Å². The van der Waals surface area contributed by atoms with Crippen molar-refractivity contribution < 1.29 is 5.11 Å². The molecule has 1 saturated heterocycles. The highest BCUT2D eigenvalue weighted by molar-refractivity contribution is 5.57. The lowest BCUT2D eigenvalue weighted by molar-refractivity contribution is 0.298. The third-order valence-electron chi connectivity index (χ3n) is 3.34. The molecule has 0 aromatic carbocycles. The fourth-order valence-corrected chi connectivity index (χ4v) is 2.38. The SMILES string of the molecule is OCCc1cn2ccc(N3CCNCC3)cc2n1. The summed E-state index contributed by atoms with van der Waals surface area (Å²) in [6, 6.07) is 4.24.